The Morgan fingerprint density at radius 1 is 1.53 bits per heavy atom. The number of carbonyl (C=O) groups excluding carboxylic acids is 1. The third-order valence-electron chi connectivity index (χ3n) is 2.11. The van der Waals surface area contributed by atoms with E-state index in [4.69, 9.17) is 0 Å². The summed E-state index contributed by atoms with van der Waals surface area (Å²) in [5, 5.41) is 13.3. The van der Waals surface area contributed by atoms with Crippen LogP contribution in [0.5, 0.6) is 0 Å². The Hall–Kier alpha value is -1.43. The van der Waals surface area contributed by atoms with Gasteiger partial charge in [-0.3, -0.25) is 14.9 Å². The Kier molecular flexibility index (Phi) is 4.22. The van der Waals surface area contributed by atoms with Crippen LogP contribution in [-0.4, -0.2) is 15.2 Å². The second kappa shape index (κ2) is 5.27. The van der Waals surface area contributed by atoms with Gasteiger partial charge < -0.3 is 5.32 Å². The Labute approximate surface area is 107 Å². The third kappa shape index (κ3) is 4.14. The predicted octanol–water partition coefficient (Wildman–Crippen LogP) is 2.38. The van der Waals surface area contributed by atoms with Gasteiger partial charge in [-0.15, -0.1) is 0 Å². The van der Waals surface area contributed by atoms with Crippen molar-refractivity contribution in [3.8, 4) is 0 Å². The van der Waals surface area contributed by atoms with E-state index in [1.165, 1.54) is 12.1 Å². The average Bonchev–Trinajstić information content (AvgIpc) is 2.25. The molecule has 0 atom stereocenters. The molecule has 0 radical (unpaired) electrons. The van der Waals surface area contributed by atoms with Crippen molar-refractivity contribution in [2.45, 2.75) is 24.7 Å². The Morgan fingerprint density at radius 3 is 2.71 bits per heavy atom. The lowest BCUT2D eigenvalue weighted by Crippen LogP contribution is -2.37. The molecular formula is C11H13BrN2O3. The van der Waals surface area contributed by atoms with E-state index in [0.29, 0.717) is 5.56 Å². The monoisotopic (exact) mass is 300 g/mol. The SMILES string of the molecule is CC(C)(Br)C(=O)NCc1cccc([N+](=O)[O-])c1. The molecule has 0 aliphatic heterocycles. The molecule has 0 aliphatic carbocycles. The van der Waals surface area contributed by atoms with Crippen LogP contribution in [0.1, 0.15) is 19.4 Å². The van der Waals surface area contributed by atoms with Crippen LogP contribution in [0.3, 0.4) is 0 Å². The summed E-state index contributed by atoms with van der Waals surface area (Å²) in [6.07, 6.45) is 0. The molecule has 0 bridgehead atoms. The number of rotatable bonds is 4. The van der Waals surface area contributed by atoms with Gasteiger partial charge in [-0.05, 0) is 19.4 Å². The summed E-state index contributed by atoms with van der Waals surface area (Å²) in [5.41, 5.74) is 0.721. The number of nitrogens with one attached hydrogen (secondary N) is 1. The highest BCUT2D eigenvalue weighted by Gasteiger charge is 2.22. The topological polar surface area (TPSA) is 72.2 Å². The molecular weight excluding hydrogens is 288 g/mol. The molecule has 1 rings (SSSR count). The molecule has 0 heterocycles. The molecule has 6 heteroatoms. The maximum atomic E-state index is 11.6. The van der Waals surface area contributed by atoms with E-state index in [1.54, 1.807) is 26.0 Å². The van der Waals surface area contributed by atoms with Crippen LogP contribution in [0.4, 0.5) is 5.69 Å². The van der Waals surface area contributed by atoms with Crippen LogP contribution in [0, 0.1) is 10.1 Å². The number of hydrogen-bond donors (Lipinski definition) is 1. The summed E-state index contributed by atoms with van der Waals surface area (Å²) >= 11 is 3.23. The number of nitro benzene ring substituents is 1. The lowest BCUT2D eigenvalue weighted by Gasteiger charge is -2.15. The van der Waals surface area contributed by atoms with Gasteiger partial charge in [0.05, 0.1) is 9.25 Å². The minimum atomic E-state index is -0.645. The molecule has 0 unspecified atom stereocenters. The van der Waals surface area contributed by atoms with E-state index in [9.17, 15) is 14.9 Å². The maximum Gasteiger partial charge on any atom is 0.269 e. The highest BCUT2D eigenvalue weighted by Crippen LogP contribution is 2.16. The van der Waals surface area contributed by atoms with Crippen LogP contribution < -0.4 is 5.32 Å². The molecule has 1 N–H and O–H groups in total. The number of benzene rings is 1. The first-order chi connectivity index (χ1) is 7.80. The molecule has 5 nitrogen and oxygen atoms in total. The summed E-state index contributed by atoms with van der Waals surface area (Å²) in [6.45, 7) is 3.74. The molecule has 1 amide bonds. The van der Waals surface area contributed by atoms with Crippen LogP contribution in [0.25, 0.3) is 0 Å². The summed E-state index contributed by atoms with van der Waals surface area (Å²) < 4.78 is -0.645. The standard InChI is InChI=1S/C11H13BrN2O3/c1-11(2,12)10(15)13-7-8-4-3-5-9(6-8)14(16)17/h3-6H,7H2,1-2H3,(H,13,15). The molecule has 0 saturated carbocycles. The van der Waals surface area contributed by atoms with Crippen molar-refractivity contribution in [1.82, 2.24) is 5.32 Å². The molecule has 1 aromatic rings. The first kappa shape index (κ1) is 13.6. The number of nitrogens with zero attached hydrogens (tertiary/aromatic N) is 1. The number of alkyl halides is 1. The molecule has 0 fully saturated rings. The summed E-state index contributed by atoms with van der Waals surface area (Å²) in [7, 11) is 0. The van der Waals surface area contributed by atoms with E-state index < -0.39 is 9.25 Å². The number of amides is 1. The molecule has 17 heavy (non-hydrogen) atoms. The highest BCUT2D eigenvalue weighted by molar-refractivity contribution is 9.10. The Morgan fingerprint density at radius 2 is 2.18 bits per heavy atom. The quantitative estimate of drug-likeness (QED) is 0.527. The van der Waals surface area contributed by atoms with Crippen LogP contribution in [0.2, 0.25) is 0 Å². The molecule has 92 valence electrons. The van der Waals surface area contributed by atoms with Gasteiger partial charge in [0.1, 0.15) is 0 Å². The lowest BCUT2D eigenvalue weighted by atomic mass is 10.1. The zero-order chi connectivity index (χ0) is 13.1. The zero-order valence-corrected chi connectivity index (χ0v) is 11.2. The summed E-state index contributed by atoms with van der Waals surface area (Å²) in [4.78, 5) is 21.7. The largest absolute Gasteiger partial charge is 0.351 e. The Bertz CT molecular complexity index is 441. The van der Waals surface area contributed by atoms with Gasteiger partial charge in [-0.2, -0.15) is 0 Å². The minimum Gasteiger partial charge on any atom is -0.351 e. The predicted molar refractivity (Wildman–Crippen MR) is 67.9 cm³/mol. The van der Waals surface area contributed by atoms with E-state index >= 15 is 0 Å². The summed E-state index contributed by atoms with van der Waals surface area (Å²) in [6, 6.07) is 6.19. The second-order valence-electron chi connectivity index (χ2n) is 4.08. The van der Waals surface area contributed by atoms with Gasteiger partial charge >= 0.3 is 0 Å². The fourth-order valence-electron chi connectivity index (χ4n) is 1.17. The van der Waals surface area contributed by atoms with Gasteiger partial charge in [-0.1, -0.05) is 28.1 Å². The number of hydrogen-bond acceptors (Lipinski definition) is 3. The van der Waals surface area contributed by atoms with Crippen molar-refractivity contribution in [1.29, 1.82) is 0 Å². The van der Waals surface area contributed by atoms with Crippen molar-refractivity contribution in [2.24, 2.45) is 0 Å². The van der Waals surface area contributed by atoms with Gasteiger partial charge in [0.15, 0.2) is 0 Å². The van der Waals surface area contributed by atoms with Gasteiger partial charge in [0.25, 0.3) is 5.69 Å². The lowest BCUT2D eigenvalue weighted by molar-refractivity contribution is -0.384. The van der Waals surface area contributed by atoms with Gasteiger partial charge in [-0.25, -0.2) is 0 Å². The Balaban J connectivity index is 2.67. The van der Waals surface area contributed by atoms with E-state index in [0.717, 1.165) is 0 Å². The zero-order valence-electron chi connectivity index (χ0n) is 9.57. The van der Waals surface area contributed by atoms with Crippen LogP contribution in [0.15, 0.2) is 24.3 Å². The average molecular weight is 301 g/mol. The first-order valence-corrected chi connectivity index (χ1v) is 5.80. The van der Waals surface area contributed by atoms with Crippen LogP contribution >= 0.6 is 15.9 Å². The van der Waals surface area contributed by atoms with Crippen molar-refractivity contribution < 1.29 is 9.72 Å². The van der Waals surface area contributed by atoms with E-state index in [-0.39, 0.29) is 18.1 Å². The molecule has 0 aromatic heterocycles. The number of carbonyl (C=O) groups is 1. The third-order valence-corrected chi connectivity index (χ3v) is 2.47. The van der Waals surface area contributed by atoms with Crippen molar-refractivity contribution in [2.75, 3.05) is 0 Å². The van der Waals surface area contributed by atoms with Gasteiger partial charge in [0.2, 0.25) is 5.91 Å². The fraction of sp³-hybridized carbons (Fsp3) is 0.364. The van der Waals surface area contributed by atoms with Gasteiger partial charge in [0, 0.05) is 18.7 Å². The van der Waals surface area contributed by atoms with Crippen LogP contribution in [-0.2, 0) is 11.3 Å². The molecule has 0 spiro atoms. The normalized spacial score (nSPS) is 11.0. The summed E-state index contributed by atoms with van der Waals surface area (Å²) in [5.74, 6) is -0.163. The number of nitro groups is 1. The number of halogens is 1. The minimum absolute atomic E-state index is 0.0230. The van der Waals surface area contributed by atoms with Crippen molar-refractivity contribution in [3.05, 3.63) is 39.9 Å². The number of non-ortho nitro benzene ring substituents is 1. The molecule has 1 aromatic carbocycles. The second-order valence-corrected chi connectivity index (χ2v) is 6.06. The highest BCUT2D eigenvalue weighted by atomic mass is 79.9. The van der Waals surface area contributed by atoms with E-state index in [1.807, 2.05) is 0 Å². The van der Waals surface area contributed by atoms with Crippen molar-refractivity contribution in [3.63, 3.8) is 0 Å². The first-order valence-electron chi connectivity index (χ1n) is 5.01. The smallest absolute Gasteiger partial charge is 0.269 e. The molecule has 0 aliphatic rings. The maximum absolute atomic E-state index is 11.6. The van der Waals surface area contributed by atoms with E-state index in [2.05, 4.69) is 21.2 Å². The molecule has 0 saturated heterocycles. The fourth-order valence-corrected chi connectivity index (χ4v) is 1.31. The van der Waals surface area contributed by atoms with Crippen molar-refractivity contribution >= 4 is 27.5 Å².